The van der Waals surface area contributed by atoms with Crippen LogP contribution in [-0.4, -0.2) is 26.7 Å². The minimum absolute atomic E-state index is 0.214. The molecule has 0 unspecified atom stereocenters. The van der Waals surface area contributed by atoms with E-state index in [1.165, 1.54) is 6.20 Å². The van der Waals surface area contributed by atoms with Gasteiger partial charge in [-0.2, -0.15) is 0 Å². The van der Waals surface area contributed by atoms with Crippen LogP contribution in [0.5, 0.6) is 0 Å². The smallest absolute Gasteiger partial charge is 0.180 e. The number of halogens is 1. The lowest BCUT2D eigenvalue weighted by molar-refractivity contribution is 0.111. The van der Waals surface area contributed by atoms with Crippen molar-refractivity contribution in [2.75, 3.05) is 5.32 Å². The average Bonchev–Trinajstić information content (AvgIpc) is 2.59. The van der Waals surface area contributed by atoms with Crippen molar-refractivity contribution in [1.29, 1.82) is 0 Å². The molecule has 6 heteroatoms. The normalized spacial score (nSPS) is 11.0. The number of nitrogens with one attached hydrogen (secondary N) is 1. The van der Waals surface area contributed by atoms with Crippen molar-refractivity contribution in [3.05, 3.63) is 23.2 Å². The van der Waals surface area contributed by atoms with Gasteiger partial charge in [0.05, 0.1) is 6.20 Å². The van der Waals surface area contributed by atoms with E-state index in [9.17, 15) is 4.79 Å². The first kappa shape index (κ1) is 10.9. The lowest BCUT2D eigenvalue weighted by Crippen LogP contribution is -2.12. The van der Waals surface area contributed by atoms with Crippen LogP contribution in [0.1, 0.15) is 24.3 Å². The van der Waals surface area contributed by atoms with Gasteiger partial charge in [0.2, 0.25) is 0 Å². The predicted molar refractivity (Wildman–Crippen MR) is 62.1 cm³/mol. The monoisotopic (exact) mass is 238 g/mol. The number of aromatic nitrogens is 3. The first-order valence-electron chi connectivity index (χ1n) is 4.87. The SMILES string of the molecule is CC(C)Nc1nc(Cl)cn2c(C=O)cnc12. The second-order valence-corrected chi connectivity index (χ2v) is 4.09. The van der Waals surface area contributed by atoms with E-state index >= 15 is 0 Å². The lowest BCUT2D eigenvalue weighted by atomic mass is 10.4. The van der Waals surface area contributed by atoms with Crippen LogP contribution in [0.25, 0.3) is 5.65 Å². The Hall–Kier alpha value is -1.62. The molecule has 0 fully saturated rings. The third-order valence-electron chi connectivity index (χ3n) is 2.04. The molecule has 0 aliphatic heterocycles. The van der Waals surface area contributed by atoms with Gasteiger partial charge in [0.1, 0.15) is 10.8 Å². The third kappa shape index (κ3) is 1.86. The molecule has 2 aromatic heterocycles. The Balaban J connectivity index is 2.64. The van der Waals surface area contributed by atoms with E-state index in [1.807, 2.05) is 13.8 Å². The van der Waals surface area contributed by atoms with Crippen LogP contribution in [0, 0.1) is 0 Å². The summed E-state index contributed by atoms with van der Waals surface area (Å²) in [6.07, 6.45) is 3.79. The van der Waals surface area contributed by atoms with Crippen LogP contribution in [0.15, 0.2) is 12.4 Å². The quantitative estimate of drug-likeness (QED) is 0.831. The maximum absolute atomic E-state index is 10.8. The number of nitrogens with zero attached hydrogens (tertiary/aromatic N) is 3. The topological polar surface area (TPSA) is 59.3 Å². The molecule has 0 aromatic carbocycles. The van der Waals surface area contributed by atoms with Gasteiger partial charge in [0.25, 0.3) is 0 Å². The summed E-state index contributed by atoms with van der Waals surface area (Å²) in [5.74, 6) is 0.579. The van der Waals surface area contributed by atoms with Crippen molar-refractivity contribution in [2.24, 2.45) is 0 Å². The molecule has 2 heterocycles. The number of hydrogen-bond donors (Lipinski definition) is 1. The molecule has 2 aromatic rings. The largest absolute Gasteiger partial charge is 0.365 e. The van der Waals surface area contributed by atoms with Crippen LogP contribution in [0.2, 0.25) is 5.15 Å². The second-order valence-electron chi connectivity index (χ2n) is 3.71. The molecule has 0 aliphatic carbocycles. The molecule has 0 atom stereocenters. The first-order valence-corrected chi connectivity index (χ1v) is 5.25. The summed E-state index contributed by atoms with van der Waals surface area (Å²) in [5.41, 5.74) is 1.05. The van der Waals surface area contributed by atoms with Crippen LogP contribution in [0.3, 0.4) is 0 Å². The highest BCUT2D eigenvalue weighted by Gasteiger charge is 2.10. The number of anilines is 1. The van der Waals surface area contributed by atoms with E-state index in [0.29, 0.717) is 22.3 Å². The van der Waals surface area contributed by atoms with Gasteiger partial charge < -0.3 is 5.32 Å². The molecule has 0 amide bonds. The molecule has 0 spiro atoms. The van der Waals surface area contributed by atoms with Gasteiger partial charge >= 0.3 is 0 Å². The number of rotatable bonds is 3. The Labute approximate surface area is 97.5 Å². The van der Waals surface area contributed by atoms with Crippen molar-refractivity contribution in [3.63, 3.8) is 0 Å². The van der Waals surface area contributed by atoms with E-state index < -0.39 is 0 Å². The lowest BCUT2D eigenvalue weighted by Gasteiger charge is -2.10. The van der Waals surface area contributed by atoms with Gasteiger partial charge in [0.15, 0.2) is 17.8 Å². The highest BCUT2D eigenvalue weighted by Crippen LogP contribution is 2.18. The van der Waals surface area contributed by atoms with Crippen molar-refractivity contribution in [3.8, 4) is 0 Å². The molecular weight excluding hydrogens is 228 g/mol. The Morgan fingerprint density at radius 3 is 2.94 bits per heavy atom. The van der Waals surface area contributed by atoms with E-state index in [0.717, 1.165) is 6.29 Å². The van der Waals surface area contributed by atoms with Gasteiger partial charge in [-0.25, -0.2) is 9.97 Å². The summed E-state index contributed by atoms with van der Waals surface area (Å²) < 4.78 is 1.62. The molecule has 16 heavy (non-hydrogen) atoms. The summed E-state index contributed by atoms with van der Waals surface area (Å²) in [4.78, 5) is 19.1. The fourth-order valence-corrected chi connectivity index (χ4v) is 1.62. The maximum Gasteiger partial charge on any atom is 0.180 e. The molecule has 84 valence electrons. The standard InChI is InChI=1S/C10H11ClN4O/c1-6(2)13-9-10-12-3-7(5-16)15(10)4-8(11)14-9/h3-6H,1-2H3,(H,13,14). The average molecular weight is 239 g/mol. The van der Waals surface area contributed by atoms with Crippen LogP contribution >= 0.6 is 11.6 Å². The third-order valence-corrected chi connectivity index (χ3v) is 2.22. The zero-order chi connectivity index (χ0) is 11.7. The molecule has 0 radical (unpaired) electrons. The van der Waals surface area contributed by atoms with E-state index in [2.05, 4.69) is 15.3 Å². The Kier molecular flexibility index (Phi) is 2.78. The first-order chi connectivity index (χ1) is 7.61. The predicted octanol–water partition coefficient (Wildman–Crippen LogP) is 2.02. The van der Waals surface area contributed by atoms with Crippen LogP contribution < -0.4 is 5.32 Å². The number of carbonyl (C=O) groups excluding carboxylic acids is 1. The zero-order valence-electron chi connectivity index (χ0n) is 8.94. The summed E-state index contributed by atoms with van der Waals surface area (Å²) in [6, 6.07) is 0.214. The van der Waals surface area contributed by atoms with Crippen molar-refractivity contribution in [1.82, 2.24) is 14.4 Å². The number of fused-ring (bicyclic) bond motifs is 1. The fourth-order valence-electron chi connectivity index (χ4n) is 1.43. The van der Waals surface area contributed by atoms with Gasteiger partial charge in [-0.1, -0.05) is 11.6 Å². The number of aldehydes is 1. The molecule has 2 rings (SSSR count). The fraction of sp³-hybridized carbons (Fsp3) is 0.300. The summed E-state index contributed by atoms with van der Waals surface area (Å²) in [6.45, 7) is 3.98. The minimum atomic E-state index is 0.214. The van der Waals surface area contributed by atoms with Crippen molar-refractivity contribution < 1.29 is 4.79 Å². The van der Waals surface area contributed by atoms with Crippen LogP contribution in [0.4, 0.5) is 5.82 Å². The van der Waals surface area contributed by atoms with E-state index in [1.54, 1.807) is 10.6 Å². The summed E-state index contributed by atoms with van der Waals surface area (Å²) in [7, 11) is 0. The van der Waals surface area contributed by atoms with Crippen molar-refractivity contribution >= 4 is 29.4 Å². The minimum Gasteiger partial charge on any atom is -0.365 e. The molecule has 0 saturated heterocycles. The Morgan fingerprint density at radius 1 is 1.56 bits per heavy atom. The Morgan fingerprint density at radius 2 is 2.31 bits per heavy atom. The molecule has 0 saturated carbocycles. The maximum atomic E-state index is 10.8. The second kappa shape index (κ2) is 4.09. The van der Waals surface area contributed by atoms with E-state index in [4.69, 9.17) is 11.6 Å². The van der Waals surface area contributed by atoms with Gasteiger partial charge in [-0.3, -0.25) is 9.20 Å². The van der Waals surface area contributed by atoms with Crippen molar-refractivity contribution in [2.45, 2.75) is 19.9 Å². The van der Waals surface area contributed by atoms with Gasteiger partial charge in [-0.05, 0) is 13.8 Å². The molecular formula is C10H11ClN4O. The molecule has 0 bridgehead atoms. The zero-order valence-corrected chi connectivity index (χ0v) is 9.69. The molecule has 5 nitrogen and oxygen atoms in total. The number of carbonyl (C=O) groups is 1. The van der Waals surface area contributed by atoms with Crippen LogP contribution in [-0.2, 0) is 0 Å². The summed E-state index contributed by atoms with van der Waals surface area (Å²) >= 11 is 5.88. The highest BCUT2D eigenvalue weighted by molar-refractivity contribution is 6.29. The Bertz CT molecular complexity index is 535. The number of imidazole rings is 1. The molecule has 1 N–H and O–H groups in total. The number of hydrogen-bond acceptors (Lipinski definition) is 4. The molecule has 0 aliphatic rings. The highest BCUT2D eigenvalue weighted by atomic mass is 35.5. The van der Waals surface area contributed by atoms with E-state index in [-0.39, 0.29) is 6.04 Å². The van der Waals surface area contributed by atoms with Gasteiger partial charge in [-0.15, -0.1) is 0 Å². The van der Waals surface area contributed by atoms with Gasteiger partial charge in [0, 0.05) is 12.2 Å². The summed E-state index contributed by atoms with van der Waals surface area (Å²) in [5, 5.41) is 3.45.